The number of nitrogens with one attached hydrogen (secondary N) is 1. The topological polar surface area (TPSA) is 35.8 Å². The average molecular weight is 333 g/mol. The largest absolute Gasteiger partial charge is 0.416 e. The molecule has 1 aromatic carbocycles. The summed E-state index contributed by atoms with van der Waals surface area (Å²) in [6.45, 7) is 0. The van der Waals surface area contributed by atoms with Gasteiger partial charge in [0.2, 0.25) is 0 Å². The molecule has 102 valence electrons. The van der Waals surface area contributed by atoms with Gasteiger partial charge in [-0.15, -0.1) is 0 Å². The molecular weight excluding hydrogens is 321 g/mol. The van der Waals surface area contributed by atoms with Crippen molar-refractivity contribution in [3.05, 3.63) is 28.2 Å². The van der Waals surface area contributed by atoms with E-state index in [4.69, 9.17) is 5.26 Å². The zero-order valence-corrected chi connectivity index (χ0v) is 11.6. The first-order chi connectivity index (χ1) is 8.91. The third-order valence-corrected chi connectivity index (χ3v) is 4.01. The standard InChI is InChI=1S/C13H12BrF3N2/c14-10-5-4-9(13(15,16)17)6-12(10)19-11-3-1-2-8(11)7-18/h4-6,8,11,19H,1-3H2. The Hall–Kier alpha value is -1.22. The highest BCUT2D eigenvalue weighted by Gasteiger charge is 2.32. The van der Waals surface area contributed by atoms with E-state index in [0.29, 0.717) is 10.2 Å². The van der Waals surface area contributed by atoms with Crippen molar-refractivity contribution in [2.45, 2.75) is 31.5 Å². The molecule has 0 saturated heterocycles. The molecule has 1 aliphatic carbocycles. The number of nitriles is 1. The quantitative estimate of drug-likeness (QED) is 0.860. The lowest BCUT2D eigenvalue weighted by molar-refractivity contribution is -0.137. The third-order valence-electron chi connectivity index (χ3n) is 3.32. The van der Waals surface area contributed by atoms with E-state index < -0.39 is 11.7 Å². The minimum absolute atomic E-state index is 0.0789. The van der Waals surface area contributed by atoms with Gasteiger partial charge in [0.25, 0.3) is 0 Å². The Bertz CT molecular complexity index is 508. The molecule has 0 radical (unpaired) electrons. The van der Waals surface area contributed by atoms with Crippen LogP contribution in [0.3, 0.4) is 0 Å². The minimum Gasteiger partial charge on any atom is -0.380 e. The van der Waals surface area contributed by atoms with E-state index in [9.17, 15) is 13.2 Å². The van der Waals surface area contributed by atoms with E-state index in [1.807, 2.05) is 0 Å². The fraction of sp³-hybridized carbons (Fsp3) is 0.462. The number of alkyl halides is 3. The predicted octanol–water partition coefficient (Wildman–Crippen LogP) is 4.57. The van der Waals surface area contributed by atoms with Crippen LogP contribution in [-0.2, 0) is 6.18 Å². The summed E-state index contributed by atoms with van der Waals surface area (Å²) in [7, 11) is 0. The highest BCUT2D eigenvalue weighted by molar-refractivity contribution is 9.10. The molecule has 0 aliphatic heterocycles. The molecule has 1 aromatic rings. The number of hydrogen-bond donors (Lipinski definition) is 1. The van der Waals surface area contributed by atoms with Gasteiger partial charge in [-0.3, -0.25) is 0 Å². The molecule has 2 rings (SSSR count). The van der Waals surface area contributed by atoms with Gasteiger partial charge in [0.05, 0.1) is 17.6 Å². The van der Waals surface area contributed by atoms with Gasteiger partial charge in [0, 0.05) is 16.2 Å². The van der Waals surface area contributed by atoms with E-state index >= 15 is 0 Å². The lowest BCUT2D eigenvalue weighted by Crippen LogP contribution is -2.23. The predicted molar refractivity (Wildman–Crippen MR) is 69.5 cm³/mol. The lowest BCUT2D eigenvalue weighted by atomic mass is 10.1. The molecule has 2 nitrogen and oxygen atoms in total. The molecule has 0 bridgehead atoms. The van der Waals surface area contributed by atoms with Gasteiger partial charge in [-0.2, -0.15) is 18.4 Å². The van der Waals surface area contributed by atoms with Crippen molar-refractivity contribution in [2.24, 2.45) is 5.92 Å². The molecule has 1 saturated carbocycles. The Morgan fingerprint density at radius 2 is 2.05 bits per heavy atom. The monoisotopic (exact) mass is 332 g/mol. The number of benzene rings is 1. The van der Waals surface area contributed by atoms with Crippen LogP contribution in [0.2, 0.25) is 0 Å². The third kappa shape index (κ3) is 3.21. The highest BCUT2D eigenvalue weighted by Crippen LogP contribution is 2.36. The summed E-state index contributed by atoms with van der Waals surface area (Å²) in [6.07, 6.45) is -1.83. The Morgan fingerprint density at radius 1 is 1.32 bits per heavy atom. The molecule has 1 fully saturated rings. The summed E-state index contributed by atoms with van der Waals surface area (Å²) < 4.78 is 38.6. The van der Waals surface area contributed by atoms with Gasteiger partial charge in [-0.1, -0.05) is 0 Å². The van der Waals surface area contributed by atoms with Crippen LogP contribution in [-0.4, -0.2) is 6.04 Å². The Morgan fingerprint density at radius 3 is 2.68 bits per heavy atom. The van der Waals surface area contributed by atoms with Gasteiger partial charge in [0.1, 0.15) is 0 Å². The molecule has 19 heavy (non-hydrogen) atoms. The molecule has 0 amide bonds. The Labute approximate surface area is 117 Å². The summed E-state index contributed by atoms with van der Waals surface area (Å²) >= 11 is 3.23. The van der Waals surface area contributed by atoms with Crippen molar-refractivity contribution < 1.29 is 13.2 Å². The van der Waals surface area contributed by atoms with E-state index in [2.05, 4.69) is 27.3 Å². The number of rotatable bonds is 2. The maximum Gasteiger partial charge on any atom is 0.416 e. The van der Waals surface area contributed by atoms with Crippen LogP contribution in [0.25, 0.3) is 0 Å². The van der Waals surface area contributed by atoms with Gasteiger partial charge < -0.3 is 5.32 Å². The average Bonchev–Trinajstić information content (AvgIpc) is 2.77. The lowest BCUT2D eigenvalue weighted by Gasteiger charge is -2.19. The molecular formula is C13H12BrF3N2. The second kappa shape index (κ2) is 5.41. The summed E-state index contributed by atoms with van der Waals surface area (Å²) in [5.41, 5.74) is -0.299. The van der Waals surface area contributed by atoms with Crippen molar-refractivity contribution in [3.63, 3.8) is 0 Å². The van der Waals surface area contributed by atoms with Gasteiger partial charge in [-0.05, 0) is 53.4 Å². The first-order valence-electron chi connectivity index (χ1n) is 5.94. The fourth-order valence-electron chi connectivity index (χ4n) is 2.30. The van der Waals surface area contributed by atoms with Crippen LogP contribution in [0.5, 0.6) is 0 Å². The zero-order valence-electron chi connectivity index (χ0n) is 9.97. The fourth-order valence-corrected chi connectivity index (χ4v) is 2.66. The van der Waals surface area contributed by atoms with Crippen LogP contribution >= 0.6 is 15.9 Å². The number of halogens is 4. The van der Waals surface area contributed by atoms with Crippen molar-refractivity contribution in [3.8, 4) is 6.07 Å². The molecule has 0 heterocycles. The summed E-state index contributed by atoms with van der Waals surface area (Å²) in [6, 6.07) is 5.61. The number of hydrogen-bond acceptors (Lipinski definition) is 2. The first kappa shape index (κ1) is 14.2. The molecule has 0 spiro atoms. The summed E-state index contributed by atoms with van der Waals surface area (Å²) in [5.74, 6) is -0.138. The molecule has 0 aromatic heterocycles. The molecule has 1 N–H and O–H groups in total. The van der Waals surface area contributed by atoms with Crippen molar-refractivity contribution >= 4 is 21.6 Å². The molecule has 2 unspecified atom stereocenters. The summed E-state index contributed by atoms with van der Waals surface area (Å²) in [4.78, 5) is 0. The Kier molecular flexibility index (Phi) is 4.04. The molecule has 1 aliphatic rings. The SMILES string of the molecule is N#CC1CCCC1Nc1cc(C(F)(F)F)ccc1Br. The van der Waals surface area contributed by atoms with Crippen molar-refractivity contribution in [1.29, 1.82) is 5.26 Å². The van der Waals surface area contributed by atoms with Crippen LogP contribution in [0.1, 0.15) is 24.8 Å². The minimum atomic E-state index is -4.36. The second-order valence-electron chi connectivity index (χ2n) is 4.61. The maximum absolute atomic E-state index is 12.7. The zero-order chi connectivity index (χ0) is 14.0. The normalized spacial score (nSPS) is 23.1. The Balaban J connectivity index is 2.23. The van der Waals surface area contributed by atoms with Crippen LogP contribution in [0, 0.1) is 17.2 Å². The van der Waals surface area contributed by atoms with Crippen molar-refractivity contribution in [2.75, 3.05) is 5.32 Å². The van der Waals surface area contributed by atoms with Gasteiger partial charge >= 0.3 is 6.18 Å². The smallest absolute Gasteiger partial charge is 0.380 e. The molecule has 6 heteroatoms. The van der Waals surface area contributed by atoms with E-state index in [-0.39, 0.29) is 12.0 Å². The van der Waals surface area contributed by atoms with Crippen LogP contribution < -0.4 is 5.32 Å². The van der Waals surface area contributed by atoms with Crippen LogP contribution in [0.4, 0.5) is 18.9 Å². The summed E-state index contributed by atoms with van der Waals surface area (Å²) in [5, 5.41) is 12.0. The van der Waals surface area contributed by atoms with E-state index in [1.165, 1.54) is 6.07 Å². The van der Waals surface area contributed by atoms with E-state index in [0.717, 1.165) is 31.4 Å². The van der Waals surface area contributed by atoms with Crippen molar-refractivity contribution in [1.82, 2.24) is 0 Å². The van der Waals surface area contributed by atoms with E-state index in [1.54, 1.807) is 0 Å². The number of anilines is 1. The second-order valence-corrected chi connectivity index (χ2v) is 5.46. The van der Waals surface area contributed by atoms with Gasteiger partial charge in [-0.25, -0.2) is 0 Å². The first-order valence-corrected chi connectivity index (χ1v) is 6.74. The molecule has 2 atom stereocenters. The van der Waals surface area contributed by atoms with Gasteiger partial charge in [0.15, 0.2) is 0 Å². The van der Waals surface area contributed by atoms with Crippen LogP contribution in [0.15, 0.2) is 22.7 Å². The highest BCUT2D eigenvalue weighted by atomic mass is 79.9. The maximum atomic E-state index is 12.7. The number of nitrogens with zero attached hydrogens (tertiary/aromatic N) is 1.